The van der Waals surface area contributed by atoms with E-state index in [2.05, 4.69) is 17.4 Å². The van der Waals surface area contributed by atoms with Gasteiger partial charge in [-0.2, -0.15) is 17.5 Å². The fraction of sp³-hybridized carbons (Fsp3) is 0.567. The van der Waals surface area contributed by atoms with Gasteiger partial charge in [-0.1, -0.05) is 36.8 Å². The average molecular weight is 599 g/mol. The molecule has 0 fully saturated rings. The highest BCUT2D eigenvalue weighted by Gasteiger charge is 2.35. The second-order valence-electron chi connectivity index (χ2n) is 11.7. The van der Waals surface area contributed by atoms with Crippen molar-refractivity contribution in [3.8, 4) is 0 Å². The summed E-state index contributed by atoms with van der Waals surface area (Å²) in [5.74, 6) is -0.495. The number of nitrogens with zero attached hydrogens (tertiary/aromatic N) is 1. The number of hydrogen-bond donors (Lipinski definition) is 3. The zero-order valence-electron chi connectivity index (χ0n) is 23.9. The molecule has 0 radical (unpaired) electrons. The number of unbranched alkanes of at least 4 members (excludes halogenated alkanes) is 2. The van der Waals surface area contributed by atoms with Gasteiger partial charge in [0.2, 0.25) is 10.0 Å². The SMILES string of the molecule is CN(C[C@H](O)CNC(C)(C)CC1Cc2ccccc2C1)S(=O)(=O)c1ccc(CCCCCC(=O)O)c(C(F)(F)F)c1. The van der Waals surface area contributed by atoms with Crippen LogP contribution in [0.25, 0.3) is 0 Å². The summed E-state index contributed by atoms with van der Waals surface area (Å²) in [7, 11) is -3.06. The Morgan fingerprint density at radius 3 is 2.29 bits per heavy atom. The third-order valence-corrected chi connectivity index (χ3v) is 9.47. The van der Waals surface area contributed by atoms with Gasteiger partial charge < -0.3 is 15.5 Å². The van der Waals surface area contributed by atoms with Gasteiger partial charge in [-0.3, -0.25) is 4.79 Å². The maximum atomic E-state index is 13.8. The van der Waals surface area contributed by atoms with Crippen molar-refractivity contribution < 1.29 is 36.6 Å². The van der Waals surface area contributed by atoms with E-state index in [1.165, 1.54) is 24.2 Å². The lowest BCUT2D eigenvalue weighted by Gasteiger charge is -2.31. The van der Waals surface area contributed by atoms with Crippen molar-refractivity contribution in [1.29, 1.82) is 0 Å². The number of benzene rings is 2. The number of fused-ring (bicyclic) bond motifs is 1. The van der Waals surface area contributed by atoms with Crippen molar-refractivity contribution in [2.75, 3.05) is 20.1 Å². The number of alkyl halides is 3. The maximum absolute atomic E-state index is 13.8. The van der Waals surface area contributed by atoms with Gasteiger partial charge in [-0.15, -0.1) is 0 Å². The van der Waals surface area contributed by atoms with E-state index >= 15 is 0 Å². The molecule has 11 heteroatoms. The number of carbonyl (C=O) groups is 1. The molecule has 0 unspecified atom stereocenters. The smallest absolute Gasteiger partial charge is 0.416 e. The molecule has 0 saturated carbocycles. The van der Waals surface area contributed by atoms with E-state index in [1.54, 1.807) is 0 Å². The average Bonchev–Trinajstić information content (AvgIpc) is 3.28. The Morgan fingerprint density at radius 2 is 1.71 bits per heavy atom. The number of halogens is 3. The molecule has 0 spiro atoms. The Hall–Kier alpha value is -2.47. The molecule has 1 aliphatic rings. The van der Waals surface area contributed by atoms with Gasteiger partial charge in [0.15, 0.2) is 0 Å². The summed E-state index contributed by atoms with van der Waals surface area (Å²) < 4.78 is 68.6. The summed E-state index contributed by atoms with van der Waals surface area (Å²) in [6.07, 6.45) is -1.80. The quantitative estimate of drug-likeness (QED) is 0.248. The molecular weight excluding hydrogens is 557 g/mol. The molecule has 0 heterocycles. The number of carboxylic acid groups (broad SMARTS) is 1. The predicted octanol–water partition coefficient (Wildman–Crippen LogP) is 5.05. The first-order chi connectivity index (χ1) is 19.1. The van der Waals surface area contributed by atoms with E-state index in [-0.39, 0.29) is 37.0 Å². The summed E-state index contributed by atoms with van der Waals surface area (Å²) in [6.45, 7) is 3.92. The number of likely N-dealkylation sites (N-methyl/N-ethyl adjacent to an activating group) is 1. The topological polar surface area (TPSA) is 107 Å². The molecule has 41 heavy (non-hydrogen) atoms. The molecule has 228 valence electrons. The van der Waals surface area contributed by atoms with Crippen molar-refractivity contribution in [2.24, 2.45) is 5.92 Å². The Bertz CT molecular complexity index is 1270. The normalized spacial score (nSPS) is 15.3. The Morgan fingerprint density at radius 1 is 1.07 bits per heavy atom. The second kappa shape index (κ2) is 13.7. The molecule has 7 nitrogen and oxygen atoms in total. The van der Waals surface area contributed by atoms with Crippen molar-refractivity contribution in [2.45, 2.75) is 87.9 Å². The number of rotatable bonds is 15. The number of aliphatic hydroxyl groups excluding tert-OH is 1. The van der Waals surface area contributed by atoms with Crippen LogP contribution < -0.4 is 5.32 Å². The van der Waals surface area contributed by atoms with Crippen LogP contribution in [0.4, 0.5) is 13.2 Å². The summed E-state index contributed by atoms with van der Waals surface area (Å²) in [5, 5.41) is 22.6. The van der Waals surface area contributed by atoms with E-state index < -0.39 is 38.7 Å². The Kier molecular flexibility index (Phi) is 11.0. The summed E-state index contributed by atoms with van der Waals surface area (Å²) in [4.78, 5) is 10.1. The fourth-order valence-corrected chi connectivity index (χ4v) is 6.82. The van der Waals surface area contributed by atoms with E-state index in [9.17, 15) is 31.5 Å². The zero-order chi connectivity index (χ0) is 30.4. The summed E-state index contributed by atoms with van der Waals surface area (Å²) in [5.41, 5.74) is 1.35. The first kappa shape index (κ1) is 33.0. The van der Waals surface area contributed by atoms with E-state index in [1.807, 2.05) is 26.0 Å². The lowest BCUT2D eigenvalue weighted by atomic mass is 9.88. The molecule has 0 aliphatic heterocycles. The minimum Gasteiger partial charge on any atom is -0.481 e. The highest BCUT2D eigenvalue weighted by atomic mass is 32.2. The molecule has 0 amide bonds. The second-order valence-corrected chi connectivity index (χ2v) is 13.8. The minimum absolute atomic E-state index is 0.0359. The van der Waals surface area contributed by atoms with Crippen LogP contribution in [-0.4, -0.2) is 60.7 Å². The van der Waals surface area contributed by atoms with Crippen LogP contribution in [0.1, 0.15) is 68.2 Å². The van der Waals surface area contributed by atoms with Gasteiger partial charge in [-0.05, 0) is 87.1 Å². The molecule has 1 aliphatic carbocycles. The highest BCUT2D eigenvalue weighted by Crippen LogP contribution is 2.35. The van der Waals surface area contributed by atoms with Crippen molar-refractivity contribution in [1.82, 2.24) is 9.62 Å². The van der Waals surface area contributed by atoms with Crippen LogP contribution in [0.2, 0.25) is 0 Å². The van der Waals surface area contributed by atoms with Gasteiger partial charge in [0, 0.05) is 32.1 Å². The number of β-amino-alcohol motifs (C(OH)–C–C–N with tert-alkyl or cyclic N) is 1. The molecule has 0 saturated heterocycles. The molecule has 1 atom stereocenters. The number of aryl methyl sites for hydroxylation is 1. The predicted molar refractivity (Wildman–Crippen MR) is 151 cm³/mol. The zero-order valence-corrected chi connectivity index (χ0v) is 24.7. The van der Waals surface area contributed by atoms with Gasteiger partial charge >= 0.3 is 12.1 Å². The number of carboxylic acids is 1. The Balaban J connectivity index is 1.57. The van der Waals surface area contributed by atoms with Gasteiger partial charge in [0.1, 0.15) is 0 Å². The molecule has 3 N–H and O–H groups in total. The molecule has 2 aromatic rings. The van der Waals surface area contributed by atoms with Crippen LogP contribution in [0.5, 0.6) is 0 Å². The van der Waals surface area contributed by atoms with Crippen LogP contribution in [0.3, 0.4) is 0 Å². The minimum atomic E-state index is -4.75. The molecular formula is C30H41F3N2O5S. The molecule has 0 aromatic heterocycles. The molecule has 0 bridgehead atoms. The first-order valence-corrected chi connectivity index (χ1v) is 15.4. The fourth-order valence-electron chi connectivity index (χ4n) is 5.59. The van der Waals surface area contributed by atoms with Crippen molar-refractivity contribution in [3.05, 3.63) is 64.7 Å². The molecule has 2 aromatic carbocycles. The molecule has 3 rings (SSSR count). The number of hydrogen-bond acceptors (Lipinski definition) is 5. The third-order valence-electron chi connectivity index (χ3n) is 7.65. The van der Waals surface area contributed by atoms with E-state index in [0.29, 0.717) is 31.2 Å². The van der Waals surface area contributed by atoms with Crippen LogP contribution in [-0.2, 0) is 40.3 Å². The van der Waals surface area contributed by atoms with Gasteiger partial charge in [0.05, 0.1) is 16.6 Å². The lowest BCUT2D eigenvalue weighted by molar-refractivity contribution is -0.138. The standard InChI is InChI=1S/C30H41F3N2O5S/c1-29(2,18-21-15-23-10-7-8-11-24(23)16-21)34-19-25(36)20-35(3)41(39,40)26-14-13-22(27(17-26)30(31,32)33)9-5-4-6-12-28(37)38/h7-8,10-11,13-14,17,21,25,34,36H,4-6,9,12,15-16,18-20H2,1-3H3,(H,37,38)/t25-/m1/s1. The number of aliphatic hydroxyl groups is 1. The van der Waals surface area contributed by atoms with Crippen LogP contribution in [0.15, 0.2) is 47.4 Å². The maximum Gasteiger partial charge on any atom is 0.416 e. The first-order valence-electron chi connectivity index (χ1n) is 14.0. The third kappa shape index (κ3) is 9.52. The lowest BCUT2D eigenvalue weighted by Crippen LogP contribution is -2.47. The number of aliphatic carboxylic acids is 1. The van der Waals surface area contributed by atoms with Crippen LogP contribution in [0, 0.1) is 5.92 Å². The monoisotopic (exact) mass is 598 g/mol. The Labute approximate surface area is 240 Å². The largest absolute Gasteiger partial charge is 0.481 e. The number of nitrogens with one attached hydrogen (secondary N) is 1. The summed E-state index contributed by atoms with van der Waals surface area (Å²) in [6, 6.07) is 11.3. The van der Waals surface area contributed by atoms with Gasteiger partial charge in [0.25, 0.3) is 0 Å². The highest BCUT2D eigenvalue weighted by molar-refractivity contribution is 7.89. The number of sulfonamides is 1. The van der Waals surface area contributed by atoms with Crippen molar-refractivity contribution >= 4 is 16.0 Å². The van der Waals surface area contributed by atoms with Crippen LogP contribution >= 0.6 is 0 Å². The summed E-state index contributed by atoms with van der Waals surface area (Å²) >= 11 is 0. The van der Waals surface area contributed by atoms with E-state index in [0.717, 1.165) is 29.6 Å². The van der Waals surface area contributed by atoms with Gasteiger partial charge in [-0.25, -0.2) is 8.42 Å². The van der Waals surface area contributed by atoms with E-state index in [4.69, 9.17) is 5.11 Å². The van der Waals surface area contributed by atoms with Crippen molar-refractivity contribution in [3.63, 3.8) is 0 Å².